The van der Waals surface area contributed by atoms with Crippen molar-refractivity contribution in [2.45, 2.75) is 70.4 Å². The molecular weight excluding hydrogens is 476 g/mol. The number of nitrogens with zero attached hydrogens (tertiary/aromatic N) is 3. The second-order valence-corrected chi connectivity index (χ2v) is 11.0. The Morgan fingerprint density at radius 1 is 1.21 bits per heavy atom. The molecule has 2 heterocycles. The monoisotopic (exact) mass is 519 g/mol. The number of fused-ring (bicyclic) bond motifs is 1. The molecule has 1 aromatic heterocycles. The number of alkyl halides is 2. The third-order valence-corrected chi connectivity index (χ3v) is 8.21. The second-order valence-electron chi connectivity index (χ2n) is 11.0. The van der Waals surface area contributed by atoms with Crippen LogP contribution >= 0.6 is 0 Å². The van der Waals surface area contributed by atoms with Gasteiger partial charge < -0.3 is 4.90 Å². The van der Waals surface area contributed by atoms with Crippen molar-refractivity contribution in [1.29, 1.82) is 0 Å². The number of halogens is 2. The summed E-state index contributed by atoms with van der Waals surface area (Å²) in [5.41, 5.74) is 4.13. The highest BCUT2D eigenvalue weighted by atomic mass is 19.1. The van der Waals surface area contributed by atoms with Crippen molar-refractivity contribution in [2.75, 3.05) is 33.4 Å². The van der Waals surface area contributed by atoms with Gasteiger partial charge in [-0.25, -0.2) is 13.8 Å². The molecule has 0 saturated carbocycles. The fourth-order valence-electron chi connectivity index (χ4n) is 5.93. The maximum Gasteiger partial charge on any atom is 0.114 e. The van der Waals surface area contributed by atoms with Gasteiger partial charge in [-0.05, 0) is 61.6 Å². The van der Waals surface area contributed by atoms with Crippen LogP contribution in [0.2, 0.25) is 0 Å². The zero-order valence-electron chi connectivity index (χ0n) is 23.3. The number of pyridine rings is 1. The molecule has 204 valence electrons. The van der Waals surface area contributed by atoms with Crippen LogP contribution in [0.15, 0.2) is 71.3 Å². The van der Waals surface area contributed by atoms with Crippen molar-refractivity contribution >= 4 is 16.6 Å². The largest absolute Gasteiger partial charge is 0.301 e. The summed E-state index contributed by atoms with van der Waals surface area (Å²) in [4.78, 5) is 11.8. The van der Waals surface area contributed by atoms with Crippen molar-refractivity contribution in [3.63, 3.8) is 0 Å². The molecule has 0 bridgehead atoms. The van der Waals surface area contributed by atoms with Gasteiger partial charge in [0.25, 0.3) is 0 Å². The molecule has 3 nitrogen and oxygen atoms in total. The quantitative estimate of drug-likeness (QED) is 0.280. The van der Waals surface area contributed by atoms with Crippen LogP contribution in [0.1, 0.15) is 76.0 Å². The number of aliphatic imine (C=N–C) groups is 1. The van der Waals surface area contributed by atoms with Crippen molar-refractivity contribution in [1.82, 2.24) is 9.88 Å². The molecule has 0 spiro atoms. The lowest BCUT2D eigenvalue weighted by atomic mass is 9.81. The van der Waals surface area contributed by atoms with Crippen LogP contribution in [0.5, 0.6) is 0 Å². The fourth-order valence-corrected chi connectivity index (χ4v) is 5.93. The van der Waals surface area contributed by atoms with E-state index in [0.717, 1.165) is 53.6 Å². The SMILES string of the molecule is CCCC=C1C=CC=CC1CCC(=NC)c1ccc2cccc(C(C)CC3(F)CCN(CCF)CC3)c2n1. The summed E-state index contributed by atoms with van der Waals surface area (Å²) in [7, 11) is 1.85. The lowest BCUT2D eigenvalue weighted by Crippen LogP contribution is -2.43. The van der Waals surface area contributed by atoms with E-state index < -0.39 is 5.67 Å². The normalized spacial score (nSPS) is 21.9. The number of likely N-dealkylation sites (tertiary alicyclic amines) is 1. The highest BCUT2D eigenvalue weighted by molar-refractivity contribution is 6.00. The van der Waals surface area contributed by atoms with E-state index in [1.165, 1.54) is 5.57 Å². The smallest absolute Gasteiger partial charge is 0.114 e. The van der Waals surface area contributed by atoms with Crippen LogP contribution in [0.3, 0.4) is 0 Å². The Labute approximate surface area is 227 Å². The number of rotatable bonds is 11. The minimum atomic E-state index is -1.22. The minimum Gasteiger partial charge on any atom is -0.301 e. The van der Waals surface area contributed by atoms with Crippen molar-refractivity contribution in [3.05, 3.63) is 77.5 Å². The maximum atomic E-state index is 15.8. The molecule has 2 atom stereocenters. The predicted molar refractivity (Wildman–Crippen MR) is 157 cm³/mol. The third-order valence-electron chi connectivity index (χ3n) is 8.21. The number of aromatic nitrogens is 1. The van der Waals surface area contributed by atoms with Crippen LogP contribution in [0.25, 0.3) is 10.9 Å². The van der Waals surface area contributed by atoms with Gasteiger partial charge in [-0.1, -0.05) is 74.9 Å². The van der Waals surface area contributed by atoms with Gasteiger partial charge in [0, 0.05) is 38.0 Å². The molecular formula is C33H43F2N3. The molecule has 1 aromatic carbocycles. The highest BCUT2D eigenvalue weighted by Gasteiger charge is 2.36. The summed E-state index contributed by atoms with van der Waals surface area (Å²) in [6.45, 7) is 5.62. The summed E-state index contributed by atoms with van der Waals surface area (Å²) in [5, 5.41) is 1.07. The molecule has 38 heavy (non-hydrogen) atoms. The minimum absolute atomic E-state index is 0.0339. The summed E-state index contributed by atoms with van der Waals surface area (Å²) in [6, 6.07) is 10.4. The van der Waals surface area contributed by atoms with Gasteiger partial charge in [0.15, 0.2) is 0 Å². The van der Waals surface area contributed by atoms with E-state index in [-0.39, 0.29) is 12.6 Å². The van der Waals surface area contributed by atoms with E-state index in [9.17, 15) is 4.39 Å². The van der Waals surface area contributed by atoms with Crippen LogP contribution in [-0.2, 0) is 0 Å². The van der Waals surface area contributed by atoms with Crippen molar-refractivity contribution in [2.24, 2.45) is 10.9 Å². The molecule has 5 heteroatoms. The van der Waals surface area contributed by atoms with Gasteiger partial charge in [-0.3, -0.25) is 4.99 Å². The lowest BCUT2D eigenvalue weighted by molar-refractivity contribution is 0.0440. The molecule has 1 aliphatic carbocycles. The van der Waals surface area contributed by atoms with Gasteiger partial charge in [0.1, 0.15) is 12.3 Å². The summed E-state index contributed by atoms with van der Waals surface area (Å²) in [5.74, 6) is 0.433. The Hall–Kier alpha value is -2.66. The summed E-state index contributed by atoms with van der Waals surface area (Å²) >= 11 is 0. The first-order valence-electron chi connectivity index (χ1n) is 14.3. The van der Waals surface area contributed by atoms with Crippen LogP contribution in [-0.4, -0.2) is 54.6 Å². The van der Waals surface area contributed by atoms with Gasteiger partial charge >= 0.3 is 0 Å². The Morgan fingerprint density at radius 3 is 2.76 bits per heavy atom. The van der Waals surface area contributed by atoms with E-state index in [2.05, 4.69) is 73.5 Å². The standard InChI is InChI=1S/C33H43F2N3/c1-4-5-9-26-10-6-7-11-27(26)14-16-30(36-3)31-17-15-28-12-8-13-29(32(28)37-31)25(2)24-33(35)18-21-38(22-19-33)23-20-34/h6-13,15,17,25,27H,4-5,14,16,18-24H2,1-3H3. The number of benzene rings is 1. The molecule has 1 aliphatic heterocycles. The third kappa shape index (κ3) is 7.05. The van der Waals surface area contributed by atoms with Gasteiger partial charge in [0.05, 0.1) is 16.9 Å². The molecule has 4 rings (SSSR count). The summed E-state index contributed by atoms with van der Waals surface area (Å²) in [6.07, 6.45) is 16.6. The van der Waals surface area contributed by atoms with E-state index >= 15 is 4.39 Å². The Balaban J connectivity index is 1.49. The number of piperidine rings is 1. The molecule has 0 N–H and O–H groups in total. The Bertz CT molecular complexity index is 1190. The first-order chi connectivity index (χ1) is 18.5. The zero-order chi connectivity index (χ0) is 27.0. The molecule has 0 radical (unpaired) electrons. The number of hydrogen-bond acceptors (Lipinski definition) is 3. The topological polar surface area (TPSA) is 28.5 Å². The number of hydrogen-bond donors (Lipinski definition) is 0. The molecule has 2 aromatic rings. The Morgan fingerprint density at radius 2 is 2.03 bits per heavy atom. The van der Waals surface area contributed by atoms with Crippen LogP contribution in [0, 0.1) is 5.92 Å². The number of unbranched alkanes of at least 4 members (excludes halogenated alkanes) is 1. The predicted octanol–water partition coefficient (Wildman–Crippen LogP) is 8.17. The van der Waals surface area contributed by atoms with Gasteiger partial charge in [0.2, 0.25) is 0 Å². The highest BCUT2D eigenvalue weighted by Crippen LogP contribution is 2.38. The van der Waals surface area contributed by atoms with Gasteiger partial charge in [-0.2, -0.15) is 0 Å². The second kappa shape index (κ2) is 13.4. The molecule has 2 aliphatic rings. The molecule has 1 saturated heterocycles. The van der Waals surface area contributed by atoms with Gasteiger partial charge in [-0.15, -0.1) is 0 Å². The lowest BCUT2D eigenvalue weighted by Gasteiger charge is -2.37. The van der Waals surface area contributed by atoms with Crippen LogP contribution < -0.4 is 0 Å². The first kappa shape index (κ1) is 28.4. The van der Waals surface area contributed by atoms with Crippen molar-refractivity contribution < 1.29 is 8.78 Å². The van der Waals surface area contributed by atoms with E-state index in [1.807, 2.05) is 18.0 Å². The first-order valence-corrected chi connectivity index (χ1v) is 14.3. The Kier molecular flexibility index (Phi) is 10.0. The summed E-state index contributed by atoms with van der Waals surface area (Å²) < 4.78 is 28.5. The van der Waals surface area contributed by atoms with E-state index in [1.54, 1.807) is 0 Å². The zero-order valence-corrected chi connectivity index (χ0v) is 23.3. The van der Waals surface area contributed by atoms with Crippen LogP contribution in [0.4, 0.5) is 8.78 Å². The fraction of sp³-hybridized carbons (Fsp3) is 0.515. The molecule has 0 amide bonds. The molecule has 1 fully saturated rings. The van der Waals surface area contributed by atoms with E-state index in [0.29, 0.717) is 44.8 Å². The van der Waals surface area contributed by atoms with E-state index in [4.69, 9.17) is 4.98 Å². The number of para-hydroxylation sites is 1. The van der Waals surface area contributed by atoms with Crippen molar-refractivity contribution in [3.8, 4) is 0 Å². The number of allylic oxidation sites excluding steroid dienone is 6. The average molecular weight is 520 g/mol. The average Bonchev–Trinajstić information content (AvgIpc) is 2.93. The maximum absolute atomic E-state index is 15.8. The molecule has 2 unspecified atom stereocenters.